The predicted molar refractivity (Wildman–Crippen MR) is 123 cm³/mol. The van der Waals surface area contributed by atoms with Gasteiger partial charge in [-0.2, -0.15) is 0 Å². The maximum atomic E-state index is 12.8. The number of nitrogens with zero attached hydrogens (tertiary/aromatic N) is 1. The number of esters is 1. The Morgan fingerprint density at radius 1 is 0.944 bits per heavy atom. The average Bonchev–Trinajstić information content (AvgIpc) is 3.19. The van der Waals surface area contributed by atoms with Crippen molar-refractivity contribution < 1.29 is 43.0 Å². The summed E-state index contributed by atoms with van der Waals surface area (Å²) in [6.45, 7) is 8.53. The average molecular weight is 510 g/mol. The van der Waals surface area contributed by atoms with Gasteiger partial charge in [0.15, 0.2) is 17.7 Å². The number of carbonyl (C=O) groups is 2. The molecule has 0 unspecified atom stereocenters. The molecule has 0 aromatic carbocycles. The van der Waals surface area contributed by atoms with Crippen LogP contribution in [0.4, 0.5) is 0 Å². The van der Waals surface area contributed by atoms with Crippen molar-refractivity contribution >= 4 is 11.9 Å². The van der Waals surface area contributed by atoms with Crippen LogP contribution in [0, 0.1) is 23.7 Å². The molecule has 0 aromatic heterocycles. The highest BCUT2D eigenvalue weighted by Gasteiger charge is 2.69. The SMILES string of the molecule is C[C@H]1[C@H](OC(=O)CCC(=O)N2CCC3(CC2)OCCO3)O[C@@H]2O[C@@]3(C)CC[C@H]4[C@H](C)CC[C@@H]1[C@@]24OO3. The highest BCUT2D eigenvalue weighted by atomic mass is 17.3. The molecule has 2 spiro atoms. The fourth-order valence-electron chi connectivity index (χ4n) is 7.44. The number of hydrogen-bond acceptors (Lipinski definition) is 9. The maximum absolute atomic E-state index is 12.8. The van der Waals surface area contributed by atoms with E-state index in [1.807, 2.05) is 13.8 Å². The third kappa shape index (κ3) is 4.08. The monoisotopic (exact) mass is 509 g/mol. The summed E-state index contributed by atoms with van der Waals surface area (Å²) in [7, 11) is 0. The number of ether oxygens (including phenoxy) is 5. The van der Waals surface area contributed by atoms with Gasteiger partial charge in [0.25, 0.3) is 0 Å². The molecule has 1 aliphatic carbocycles. The molecule has 10 heteroatoms. The van der Waals surface area contributed by atoms with Gasteiger partial charge in [-0.3, -0.25) is 9.59 Å². The molecule has 1 saturated carbocycles. The van der Waals surface area contributed by atoms with Crippen molar-refractivity contribution in [2.24, 2.45) is 23.7 Å². The quantitative estimate of drug-likeness (QED) is 0.418. The highest BCUT2D eigenvalue weighted by molar-refractivity contribution is 5.81. The summed E-state index contributed by atoms with van der Waals surface area (Å²) in [5.74, 6) is -1.17. The van der Waals surface area contributed by atoms with Crippen molar-refractivity contribution in [2.75, 3.05) is 26.3 Å². The van der Waals surface area contributed by atoms with Gasteiger partial charge in [-0.05, 0) is 38.0 Å². The number of amides is 1. The molecule has 36 heavy (non-hydrogen) atoms. The maximum Gasteiger partial charge on any atom is 0.308 e. The second-order valence-corrected chi connectivity index (χ2v) is 11.8. The van der Waals surface area contributed by atoms with E-state index in [4.69, 9.17) is 33.5 Å². The molecule has 1 amide bonds. The van der Waals surface area contributed by atoms with Gasteiger partial charge in [0.05, 0.1) is 19.6 Å². The lowest BCUT2D eigenvalue weighted by atomic mass is 9.58. The van der Waals surface area contributed by atoms with Gasteiger partial charge in [0.2, 0.25) is 18.0 Å². The van der Waals surface area contributed by atoms with E-state index >= 15 is 0 Å². The van der Waals surface area contributed by atoms with Crippen LogP contribution in [0.25, 0.3) is 0 Å². The third-order valence-corrected chi connectivity index (χ3v) is 9.58. The lowest BCUT2D eigenvalue weighted by molar-refractivity contribution is -0.576. The Morgan fingerprint density at radius 3 is 2.44 bits per heavy atom. The Morgan fingerprint density at radius 2 is 1.69 bits per heavy atom. The van der Waals surface area contributed by atoms with Crippen LogP contribution in [0.1, 0.15) is 72.1 Å². The van der Waals surface area contributed by atoms with Crippen molar-refractivity contribution in [3.05, 3.63) is 0 Å². The van der Waals surface area contributed by atoms with E-state index in [0.717, 1.165) is 25.7 Å². The molecule has 0 aromatic rings. The zero-order chi connectivity index (χ0) is 25.1. The van der Waals surface area contributed by atoms with E-state index in [9.17, 15) is 9.59 Å². The van der Waals surface area contributed by atoms with Crippen molar-refractivity contribution in [1.82, 2.24) is 4.90 Å². The summed E-state index contributed by atoms with van der Waals surface area (Å²) in [5.41, 5.74) is -0.690. The molecule has 0 N–H and O–H groups in total. The molecule has 7 rings (SSSR count). The fourth-order valence-corrected chi connectivity index (χ4v) is 7.44. The van der Waals surface area contributed by atoms with Crippen LogP contribution in [-0.2, 0) is 43.0 Å². The third-order valence-electron chi connectivity index (χ3n) is 9.58. The van der Waals surface area contributed by atoms with Crippen molar-refractivity contribution in [3.63, 3.8) is 0 Å². The molecule has 7 aliphatic rings. The summed E-state index contributed by atoms with van der Waals surface area (Å²) in [6.07, 6.45) is 3.71. The Balaban J connectivity index is 1.06. The number of piperidine rings is 1. The van der Waals surface area contributed by atoms with Gasteiger partial charge in [-0.15, -0.1) is 0 Å². The Labute approximate surface area is 212 Å². The van der Waals surface area contributed by atoms with Crippen molar-refractivity contribution in [1.29, 1.82) is 0 Å². The van der Waals surface area contributed by atoms with Gasteiger partial charge >= 0.3 is 5.97 Å². The molecule has 10 nitrogen and oxygen atoms in total. The van der Waals surface area contributed by atoms with Crippen molar-refractivity contribution in [2.45, 2.75) is 102 Å². The van der Waals surface area contributed by atoms with Gasteiger partial charge in [0.1, 0.15) is 0 Å². The van der Waals surface area contributed by atoms with Crippen LogP contribution in [0.15, 0.2) is 0 Å². The molecule has 202 valence electrons. The first-order chi connectivity index (χ1) is 17.2. The first-order valence-electron chi connectivity index (χ1n) is 13.7. The fraction of sp³-hybridized carbons (Fsp3) is 0.923. The molecule has 6 saturated heterocycles. The van der Waals surface area contributed by atoms with Crippen LogP contribution in [-0.4, -0.2) is 72.8 Å². The first-order valence-corrected chi connectivity index (χ1v) is 13.7. The minimum atomic E-state index is -0.874. The minimum Gasteiger partial charge on any atom is -0.435 e. The molecule has 7 fully saturated rings. The Kier molecular flexibility index (Phi) is 6.37. The topological polar surface area (TPSA) is 102 Å². The largest absolute Gasteiger partial charge is 0.435 e. The summed E-state index contributed by atoms with van der Waals surface area (Å²) < 4.78 is 29.9. The van der Waals surface area contributed by atoms with E-state index in [2.05, 4.69) is 6.92 Å². The molecular formula is C26H39NO9. The summed E-state index contributed by atoms with van der Waals surface area (Å²) in [6, 6.07) is 0. The zero-order valence-electron chi connectivity index (χ0n) is 21.6. The van der Waals surface area contributed by atoms with E-state index in [1.54, 1.807) is 4.90 Å². The summed E-state index contributed by atoms with van der Waals surface area (Å²) in [4.78, 5) is 39.3. The van der Waals surface area contributed by atoms with Crippen LogP contribution < -0.4 is 0 Å². The predicted octanol–water partition coefficient (Wildman–Crippen LogP) is 2.88. The van der Waals surface area contributed by atoms with E-state index in [0.29, 0.717) is 45.1 Å². The molecule has 6 aliphatic heterocycles. The van der Waals surface area contributed by atoms with Gasteiger partial charge in [-0.1, -0.05) is 13.8 Å². The van der Waals surface area contributed by atoms with Gasteiger partial charge in [0, 0.05) is 50.6 Å². The number of fused-ring (bicyclic) bond motifs is 2. The first kappa shape index (κ1) is 25.0. The number of rotatable bonds is 4. The number of likely N-dealkylation sites (tertiary alicyclic amines) is 1. The minimum absolute atomic E-state index is 0.0123. The molecular weight excluding hydrogens is 470 g/mol. The van der Waals surface area contributed by atoms with Crippen molar-refractivity contribution in [3.8, 4) is 0 Å². The molecule has 8 atom stereocenters. The van der Waals surface area contributed by atoms with Crippen LogP contribution in [0.3, 0.4) is 0 Å². The zero-order valence-corrected chi connectivity index (χ0v) is 21.6. The molecule has 6 heterocycles. The molecule has 2 bridgehead atoms. The Bertz CT molecular complexity index is 867. The van der Waals surface area contributed by atoms with Gasteiger partial charge < -0.3 is 28.6 Å². The number of hydrogen-bond donors (Lipinski definition) is 0. The standard InChI is InChI=1S/C26H39NO9/c1-16-4-5-19-17(2)22(33-23-26(19)18(16)8-9-24(3,34-23)35-36-26)32-21(29)7-6-20(28)27-12-10-25(11-13-27)30-14-15-31-25/h16-19,22-23H,4-15H2,1-3H3/t16-,17-,18+,19+,22-,23-,24-,26-/m1/s1. The van der Waals surface area contributed by atoms with Crippen LogP contribution in [0.5, 0.6) is 0 Å². The normalized spacial score (nSPS) is 45.2. The van der Waals surface area contributed by atoms with E-state index in [1.165, 1.54) is 0 Å². The lowest BCUT2D eigenvalue weighted by Gasteiger charge is -2.59. The van der Waals surface area contributed by atoms with E-state index in [-0.39, 0.29) is 36.5 Å². The van der Waals surface area contributed by atoms with Crippen LogP contribution in [0.2, 0.25) is 0 Å². The smallest absolute Gasteiger partial charge is 0.308 e. The number of carbonyl (C=O) groups excluding carboxylic acids is 2. The second-order valence-electron chi connectivity index (χ2n) is 11.8. The highest BCUT2D eigenvalue weighted by Crippen LogP contribution is 2.60. The lowest BCUT2D eigenvalue weighted by Crippen LogP contribution is -2.70. The van der Waals surface area contributed by atoms with Gasteiger partial charge in [-0.25, -0.2) is 9.78 Å². The Hall–Kier alpha value is -1.30. The summed E-state index contributed by atoms with van der Waals surface area (Å²) in [5, 5.41) is 0. The second kappa shape index (κ2) is 9.17. The van der Waals surface area contributed by atoms with E-state index < -0.39 is 35.7 Å². The van der Waals surface area contributed by atoms with Crippen LogP contribution >= 0.6 is 0 Å². The molecule has 0 radical (unpaired) electrons. The summed E-state index contributed by atoms with van der Waals surface area (Å²) >= 11 is 0.